The lowest BCUT2D eigenvalue weighted by Gasteiger charge is -2.16. The number of methoxy groups -OCH3 is 1. The van der Waals surface area contributed by atoms with Crippen LogP contribution < -0.4 is 5.32 Å². The van der Waals surface area contributed by atoms with Crippen LogP contribution in [0.15, 0.2) is 18.2 Å². The first-order valence-electron chi connectivity index (χ1n) is 5.82. The van der Waals surface area contributed by atoms with Gasteiger partial charge in [-0.15, -0.1) is 0 Å². The molecule has 0 unspecified atom stereocenters. The minimum absolute atomic E-state index is 0.239. The van der Waals surface area contributed by atoms with Crippen molar-refractivity contribution >= 4 is 46.8 Å². The van der Waals surface area contributed by atoms with Gasteiger partial charge in [0.05, 0.1) is 17.7 Å². The van der Waals surface area contributed by atoms with Crippen LogP contribution in [-0.4, -0.2) is 37.0 Å². The van der Waals surface area contributed by atoms with Crippen LogP contribution in [0.3, 0.4) is 0 Å². The number of ether oxygens (including phenoxy) is 1. The molecule has 1 rings (SSSR count). The van der Waals surface area contributed by atoms with Crippen molar-refractivity contribution in [1.82, 2.24) is 5.32 Å². The fourth-order valence-electron chi connectivity index (χ4n) is 1.54. The average molecular weight is 336 g/mol. The number of carbonyl (C=O) groups is 2. The van der Waals surface area contributed by atoms with E-state index in [0.717, 1.165) is 5.75 Å². The van der Waals surface area contributed by atoms with Gasteiger partial charge in [0.25, 0.3) is 5.91 Å². The Balaban J connectivity index is 2.81. The highest BCUT2D eigenvalue weighted by atomic mass is 35.5. The summed E-state index contributed by atoms with van der Waals surface area (Å²) >= 11 is 13.3. The molecule has 1 aromatic carbocycles. The van der Waals surface area contributed by atoms with Crippen LogP contribution >= 0.6 is 35.0 Å². The Labute approximate surface area is 132 Å². The Bertz CT molecular complexity index is 497. The van der Waals surface area contributed by atoms with Crippen molar-refractivity contribution < 1.29 is 14.3 Å². The van der Waals surface area contributed by atoms with E-state index in [1.54, 1.807) is 17.8 Å². The highest BCUT2D eigenvalue weighted by Gasteiger charge is 2.22. The van der Waals surface area contributed by atoms with Gasteiger partial charge in [-0.3, -0.25) is 4.79 Å². The fourth-order valence-corrected chi connectivity index (χ4v) is 2.50. The van der Waals surface area contributed by atoms with E-state index < -0.39 is 17.9 Å². The molecule has 0 aliphatic rings. The minimum atomic E-state index is -0.688. The van der Waals surface area contributed by atoms with Crippen molar-refractivity contribution in [2.24, 2.45) is 0 Å². The van der Waals surface area contributed by atoms with Crippen molar-refractivity contribution in [2.45, 2.75) is 12.5 Å². The summed E-state index contributed by atoms with van der Waals surface area (Å²) in [4.78, 5) is 23.7. The Hall–Kier alpha value is -0.910. The molecule has 7 heteroatoms. The summed E-state index contributed by atoms with van der Waals surface area (Å²) in [6, 6.07) is 3.87. The maximum atomic E-state index is 12.1. The number of halogens is 2. The number of carbonyl (C=O) groups excluding carboxylic acids is 2. The minimum Gasteiger partial charge on any atom is -0.467 e. The molecule has 0 aromatic heterocycles. The SMILES string of the molecule is COC(=O)[C@H](CCSC)NC(=O)c1ccc(Cl)cc1Cl. The summed E-state index contributed by atoms with van der Waals surface area (Å²) in [7, 11) is 1.29. The monoisotopic (exact) mass is 335 g/mol. The predicted octanol–water partition coefficient (Wildman–Crippen LogP) is 3.02. The number of esters is 1. The van der Waals surface area contributed by atoms with Crippen molar-refractivity contribution in [1.29, 1.82) is 0 Å². The maximum Gasteiger partial charge on any atom is 0.328 e. The van der Waals surface area contributed by atoms with Crippen molar-refractivity contribution in [3.8, 4) is 0 Å². The molecule has 110 valence electrons. The molecule has 0 heterocycles. The summed E-state index contributed by atoms with van der Waals surface area (Å²) in [5.41, 5.74) is 0.272. The Morgan fingerprint density at radius 1 is 1.40 bits per heavy atom. The van der Waals surface area contributed by atoms with Crippen LogP contribution in [0.25, 0.3) is 0 Å². The van der Waals surface area contributed by atoms with Gasteiger partial charge in [0.2, 0.25) is 0 Å². The number of amides is 1. The van der Waals surface area contributed by atoms with Gasteiger partial charge < -0.3 is 10.1 Å². The normalized spacial score (nSPS) is 11.8. The molecule has 0 fully saturated rings. The van der Waals surface area contributed by atoms with E-state index in [2.05, 4.69) is 10.1 Å². The number of thioether (sulfide) groups is 1. The Kier molecular flexibility index (Phi) is 7.19. The molecule has 0 saturated carbocycles. The molecule has 0 saturated heterocycles. The van der Waals surface area contributed by atoms with Crippen molar-refractivity contribution in [2.75, 3.05) is 19.1 Å². The van der Waals surface area contributed by atoms with Crippen molar-refractivity contribution in [3.63, 3.8) is 0 Å². The van der Waals surface area contributed by atoms with Gasteiger partial charge in [-0.1, -0.05) is 23.2 Å². The summed E-state index contributed by atoms with van der Waals surface area (Å²) < 4.78 is 4.68. The Morgan fingerprint density at radius 3 is 2.65 bits per heavy atom. The van der Waals surface area contributed by atoms with Crippen LogP contribution in [0.5, 0.6) is 0 Å². The van der Waals surface area contributed by atoms with Crippen LogP contribution in [0.1, 0.15) is 16.8 Å². The number of rotatable bonds is 6. The molecule has 1 atom stereocenters. The first-order chi connectivity index (χ1) is 9.49. The zero-order chi connectivity index (χ0) is 15.1. The molecule has 1 amide bonds. The molecule has 0 aliphatic heterocycles. The third kappa shape index (κ3) is 4.89. The van der Waals surface area contributed by atoms with E-state index in [9.17, 15) is 9.59 Å². The van der Waals surface area contributed by atoms with Gasteiger partial charge in [0, 0.05) is 5.02 Å². The first-order valence-corrected chi connectivity index (χ1v) is 7.97. The van der Waals surface area contributed by atoms with E-state index in [-0.39, 0.29) is 10.6 Å². The van der Waals surface area contributed by atoms with E-state index in [1.165, 1.54) is 19.2 Å². The third-order valence-electron chi connectivity index (χ3n) is 2.58. The van der Waals surface area contributed by atoms with Crippen LogP contribution in [0.2, 0.25) is 10.0 Å². The zero-order valence-corrected chi connectivity index (χ0v) is 13.4. The van der Waals surface area contributed by atoms with Gasteiger partial charge in [0.1, 0.15) is 6.04 Å². The van der Waals surface area contributed by atoms with Gasteiger partial charge in [-0.05, 0) is 36.6 Å². The molecular weight excluding hydrogens is 321 g/mol. The molecule has 4 nitrogen and oxygen atoms in total. The van der Waals surface area contributed by atoms with Crippen LogP contribution in [0.4, 0.5) is 0 Å². The average Bonchev–Trinajstić information content (AvgIpc) is 2.42. The smallest absolute Gasteiger partial charge is 0.328 e. The third-order valence-corrected chi connectivity index (χ3v) is 3.77. The van der Waals surface area contributed by atoms with Crippen molar-refractivity contribution in [3.05, 3.63) is 33.8 Å². The zero-order valence-electron chi connectivity index (χ0n) is 11.1. The molecule has 0 aliphatic carbocycles. The standard InChI is InChI=1S/C13H15Cl2NO3S/c1-19-13(18)11(5-6-20-2)16-12(17)9-4-3-8(14)7-10(9)15/h3-4,7,11H,5-6H2,1-2H3,(H,16,17)/t11-/m0/s1. The molecule has 20 heavy (non-hydrogen) atoms. The second-order valence-corrected chi connectivity index (χ2v) is 5.78. The fraction of sp³-hybridized carbons (Fsp3) is 0.385. The number of nitrogens with one attached hydrogen (secondary N) is 1. The second kappa shape index (κ2) is 8.39. The van der Waals surface area contributed by atoms with E-state index in [0.29, 0.717) is 11.4 Å². The largest absolute Gasteiger partial charge is 0.467 e. The highest BCUT2D eigenvalue weighted by molar-refractivity contribution is 7.98. The lowest BCUT2D eigenvalue weighted by molar-refractivity contribution is -0.142. The summed E-state index contributed by atoms with van der Waals surface area (Å²) in [6.07, 6.45) is 2.41. The maximum absolute atomic E-state index is 12.1. The lowest BCUT2D eigenvalue weighted by atomic mass is 10.1. The lowest BCUT2D eigenvalue weighted by Crippen LogP contribution is -2.42. The summed E-state index contributed by atoms with van der Waals surface area (Å²) in [5, 5.41) is 3.31. The number of hydrogen-bond acceptors (Lipinski definition) is 4. The highest BCUT2D eigenvalue weighted by Crippen LogP contribution is 2.21. The molecular formula is C13H15Cl2NO3S. The van der Waals surface area contributed by atoms with Crippen LogP contribution in [-0.2, 0) is 9.53 Å². The van der Waals surface area contributed by atoms with E-state index in [1.807, 2.05) is 6.26 Å². The van der Waals surface area contributed by atoms with Gasteiger partial charge >= 0.3 is 5.97 Å². The number of hydrogen-bond donors (Lipinski definition) is 1. The van der Waals surface area contributed by atoms with Gasteiger partial charge in [-0.2, -0.15) is 11.8 Å². The van der Waals surface area contributed by atoms with Gasteiger partial charge in [-0.25, -0.2) is 4.79 Å². The molecule has 0 bridgehead atoms. The Morgan fingerprint density at radius 2 is 2.10 bits per heavy atom. The molecule has 0 spiro atoms. The molecule has 1 aromatic rings. The first kappa shape index (κ1) is 17.1. The topological polar surface area (TPSA) is 55.4 Å². The summed E-state index contributed by atoms with van der Waals surface area (Å²) in [6.45, 7) is 0. The number of benzene rings is 1. The predicted molar refractivity (Wildman–Crippen MR) is 82.7 cm³/mol. The quantitative estimate of drug-likeness (QED) is 0.812. The second-order valence-electron chi connectivity index (χ2n) is 3.95. The van der Waals surface area contributed by atoms with E-state index in [4.69, 9.17) is 23.2 Å². The van der Waals surface area contributed by atoms with E-state index >= 15 is 0 Å². The van der Waals surface area contributed by atoms with Crippen LogP contribution in [0, 0.1) is 0 Å². The van der Waals surface area contributed by atoms with Gasteiger partial charge in [0.15, 0.2) is 0 Å². The summed E-state index contributed by atoms with van der Waals surface area (Å²) in [5.74, 6) is -0.172. The molecule has 0 radical (unpaired) electrons. The molecule has 1 N–H and O–H groups in total.